The van der Waals surface area contributed by atoms with Crippen LogP contribution in [0.25, 0.3) is 6.08 Å². The number of nitrogens with one attached hydrogen (secondary N) is 1. The Morgan fingerprint density at radius 3 is 2.53 bits per heavy atom. The fraction of sp³-hybridized carbons (Fsp3) is 0. The fourth-order valence-corrected chi connectivity index (χ4v) is 1.44. The molecule has 0 saturated carbocycles. The Hall–Kier alpha value is -2.42. The topological polar surface area (TPSA) is 49.9 Å². The van der Waals surface area contributed by atoms with Crippen LogP contribution in [0.1, 0.15) is 15.9 Å². The number of H-pyrrole nitrogens is 1. The molecular weight excluding hydrogens is 214 g/mol. The van der Waals surface area contributed by atoms with Gasteiger partial charge in [-0.05, 0) is 23.8 Å². The molecule has 3 heteroatoms. The first-order chi connectivity index (χ1) is 8.27. The van der Waals surface area contributed by atoms with Gasteiger partial charge < -0.3 is 4.98 Å². The average molecular weight is 225 g/mol. The molecule has 0 atom stereocenters. The molecule has 2 rings (SSSR count). The van der Waals surface area contributed by atoms with Crippen molar-refractivity contribution in [2.45, 2.75) is 0 Å². The number of ketones is 1. The molecule has 0 bridgehead atoms. The zero-order valence-corrected chi connectivity index (χ0v) is 9.09. The number of carbonyl (C=O) groups is 1. The summed E-state index contributed by atoms with van der Waals surface area (Å²) >= 11 is 0. The summed E-state index contributed by atoms with van der Waals surface area (Å²) in [6.45, 7) is 0. The first kappa shape index (κ1) is 11.1. The van der Waals surface area contributed by atoms with Crippen molar-refractivity contribution in [2.75, 3.05) is 0 Å². The van der Waals surface area contributed by atoms with Gasteiger partial charge in [0.2, 0.25) is 0 Å². The minimum atomic E-state index is -0.366. The lowest BCUT2D eigenvalue weighted by molar-refractivity contribution is 0.104. The van der Waals surface area contributed by atoms with Crippen LogP contribution in [0, 0.1) is 0 Å². The second-order valence-electron chi connectivity index (χ2n) is 3.52. The van der Waals surface area contributed by atoms with E-state index < -0.39 is 0 Å². The van der Waals surface area contributed by atoms with E-state index in [2.05, 4.69) is 4.98 Å². The van der Waals surface area contributed by atoms with Crippen LogP contribution < -0.4 is 5.56 Å². The standard InChI is InChI=1S/C14H11NO2/c16-13(12-7-4-10-15-14(12)17)9-8-11-5-2-1-3-6-11/h1-10H,(H,15,17)/b9-8-. The molecule has 1 aromatic heterocycles. The lowest BCUT2D eigenvalue weighted by Gasteiger charge is -1.94. The highest BCUT2D eigenvalue weighted by Gasteiger charge is 2.05. The minimum Gasteiger partial charge on any atom is -0.328 e. The molecule has 3 nitrogen and oxygen atoms in total. The lowest BCUT2D eigenvalue weighted by atomic mass is 10.1. The summed E-state index contributed by atoms with van der Waals surface area (Å²) < 4.78 is 0. The van der Waals surface area contributed by atoms with Crippen LogP contribution in [-0.2, 0) is 0 Å². The van der Waals surface area contributed by atoms with Crippen LogP contribution in [0.3, 0.4) is 0 Å². The Morgan fingerprint density at radius 1 is 1.06 bits per heavy atom. The predicted molar refractivity (Wildman–Crippen MR) is 66.9 cm³/mol. The normalized spacial score (nSPS) is 10.6. The maximum Gasteiger partial charge on any atom is 0.259 e. The van der Waals surface area contributed by atoms with Gasteiger partial charge >= 0.3 is 0 Å². The van der Waals surface area contributed by atoms with E-state index >= 15 is 0 Å². The third-order valence-electron chi connectivity index (χ3n) is 2.31. The minimum absolute atomic E-state index is 0.152. The van der Waals surface area contributed by atoms with Gasteiger partial charge in [0.15, 0.2) is 5.78 Å². The monoisotopic (exact) mass is 225 g/mol. The molecule has 1 aromatic carbocycles. The van der Waals surface area contributed by atoms with Crippen molar-refractivity contribution in [1.29, 1.82) is 0 Å². The molecule has 0 saturated heterocycles. The van der Waals surface area contributed by atoms with E-state index in [1.165, 1.54) is 18.3 Å². The van der Waals surface area contributed by atoms with Crippen molar-refractivity contribution in [3.63, 3.8) is 0 Å². The number of benzene rings is 1. The largest absolute Gasteiger partial charge is 0.328 e. The summed E-state index contributed by atoms with van der Waals surface area (Å²) in [5.41, 5.74) is 0.711. The van der Waals surface area contributed by atoms with E-state index in [0.29, 0.717) is 0 Å². The summed E-state index contributed by atoms with van der Waals surface area (Å²) in [5, 5.41) is 0. The van der Waals surface area contributed by atoms with Crippen molar-refractivity contribution in [3.05, 3.63) is 76.2 Å². The third kappa shape index (κ3) is 2.78. The molecule has 0 unspecified atom stereocenters. The Labute approximate surface area is 98.4 Å². The second-order valence-corrected chi connectivity index (χ2v) is 3.52. The molecule has 0 aliphatic heterocycles. The van der Waals surface area contributed by atoms with Crippen molar-refractivity contribution in [1.82, 2.24) is 4.98 Å². The number of allylic oxidation sites excluding steroid dienone is 1. The SMILES string of the molecule is O=C(/C=C\c1ccccc1)c1ccc[nH]c1=O. The van der Waals surface area contributed by atoms with Crippen LogP contribution >= 0.6 is 0 Å². The highest BCUT2D eigenvalue weighted by molar-refractivity contribution is 6.06. The molecular formula is C14H11NO2. The Morgan fingerprint density at radius 2 is 1.82 bits per heavy atom. The van der Waals surface area contributed by atoms with Crippen molar-refractivity contribution >= 4 is 11.9 Å². The maximum absolute atomic E-state index is 11.7. The van der Waals surface area contributed by atoms with Crippen LogP contribution in [0.15, 0.2) is 59.5 Å². The quantitative estimate of drug-likeness (QED) is 0.643. The number of pyridine rings is 1. The second kappa shape index (κ2) is 5.07. The molecule has 0 aliphatic carbocycles. The van der Waals surface area contributed by atoms with Crippen LogP contribution in [-0.4, -0.2) is 10.8 Å². The number of rotatable bonds is 3. The van der Waals surface area contributed by atoms with Gasteiger partial charge in [-0.1, -0.05) is 36.4 Å². The van der Waals surface area contributed by atoms with E-state index in [9.17, 15) is 9.59 Å². The van der Waals surface area contributed by atoms with Gasteiger partial charge in [-0.2, -0.15) is 0 Å². The zero-order chi connectivity index (χ0) is 12.1. The van der Waals surface area contributed by atoms with Gasteiger partial charge in [0.05, 0.1) is 5.56 Å². The molecule has 17 heavy (non-hydrogen) atoms. The van der Waals surface area contributed by atoms with Crippen LogP contribution in [0.5, 0.6) is 0 Å². The Balaban J connectivity index is 2.21. The van der Waals surface area contributed by atoms with Gasteiger partial charge in [-0.25, -0.2) is 0 Å². The number of carbonyl (C=O) groups excluding carboxylic acids is 1. The predicted octanol–water partition coefficient (Wildman–Crippen LogP) is 2.27. The highest BCUT2D eigenvalue weighted by Crippen LogP contribution is 2.02. The van der Waals surface area contributed by atoms with Crippen LogP contribution in [0.4, 0.5) is 0 Å². The summed E-state index contributed by atoms with van der Waals surface area (Å²) in [6.07, 6.45) is 4.59. The van der Waals surface area contributed by atoms with E-state index in [-0.39, 0.29) is 16.9 Å². The summed E-state index contributed by atoms with van der Waals surface area (Å²) in [4.78, 5) is 25.6. The smallest absolute Gasteiger partial charge is 0.259 e. The van der Waals surface area contributed by atoms with Crippen molar-refractivity contribution in [2.24, 2.45) is 0 Å². The maximum atomic E-state index is 11.7. The molecule has 0 fully saturated rings. The zero-order valence-electron chi connectivity index (χ0n) is 9.09. The summed E-state index contributed by atoms with van der Waals surface area (Å²) in [7, 11) is 0. The van der Waals surface area contributed by atoms with Gasteiger partial charge in [0.25, 0.3) is 5.56 Å². The molecule has 1 N–H and O–H groups in total. The summed E-state index contributed by atoms with van der Waals surface area (Å²) in [5.74, 6) is -0.296. The van der Waals surface area contributed by atoms with E-state index in [4.69, 9.17) is 0 Å². The van der Waals surface area contributed by atoms with Gasteiger partial charge in [-0.15, -0.1) is 0 Å². The highest BCUT2D eigenvalue weighted by atomic mass is 16.1. The Bertz CT molecular complexity index is 597. The Kier molecular flexibility index (Phi) is 3.31. The average Bonchev–Trinajstić information content (AvgIpc) is 2.38. The van der Waals surface area contributed by atoms with E-state index in [1.807, 2.05) is 30.3 Å². The van der Waals surface area contributed by atoms with Crippen LogP contribution in [0.2, 0.25) is 0 Å². The van der Waals surface area contributed by atoms with Crippen molar-refractivity contribution < 1.29 is 4.79 Å². The molecule has 84 valence electrons. The number of aromatic amines is 1. The van der Waals surface area contributed by atoms with E-state index in [1.54, 1.807) is 12.1 Å². The molecule has 0 aliphatic rings. The molecule has 2 aromatic rings. The fourth-order valence-electron chi connectivity index (χ4n) is 1.44. The first-order valence-electron chi connectivity index (χ1n) is 5.22. The third-order valence-corrected chi connectivity index (χ3v) is 2.31. The van der Waals surface area contributed by atoms with E-state index in [0.717, 1.165) is 5.56 Å². The number of hydrogen-bond acceptors (Lipinski definition) is 2. The lowest BCUT2D eigenvalue weighted by Crippen LogP contribution is -2.14. The molecule has 0 radical (unpaired) electrons. The van der Waals surface area contributed by atoms with Gasteiger partial charge in [-0.3, -0.25) is 9.59 Å². The first-order valence-corrected chi connectivity index (χ1v) is 5.22. The van der Waals surface area contributed by atoms with Gasteiger partial charge in [0, 0.05) is 6.20 Å². The summed E-state index contributed by atoms with van der Waals surface area (Å²) in [6, 6.07) is 12.6. The molecule has 0 spiro atoms. The van der Waals surface area contributed by atoms with Gasteiger partial charge in [0.1, 0.15) is 0 Å². The molecule has 0 amide bonds. The van der Waals surface area contributed by atoms with Crippen molar-refractivity contribution in [3.8, 4) is 0 Å². The molecule has 1 heterocycles. The number of aromatic nitrogens is 1. The number of hydrogen-bond donors (Lipinski definition) is 1.